The molecule has 0 heterocycles. The van der Waals surface area contributed by atoms with E-state index in [1.807, 2.05) is 0 Å². The van der Waals surface area contributed by atoms with Crippen molar-refractivity contribution < 1.29 is 32.6 Å². The van der Waals surface area contributed by atoms with Gasteiger partial charge in [0, 0.05) is 6.42 Å². The molecule has 5 nitrogen and oxygen atoms in total. The molecule has 1 aromatic carbocycles. The van der Waals surface area contributed by atoms with Crippen LogP contribution in [0.15, 0.2) is 24.3 Å². The Morgan fingerprint density at radius 2 is 1.86 bits per heavy atom. The van der Waals surface area contributed by atoms with Crippen LogP contribution in [0.3, 0.4) is 0 Å². The summed E-state index contributed by atoms with van der Waals surface area (Å²) in [5.74, 6) is -1.92. The van der Waals surface area contributed by atoms with Crippen LogP contribution in [0.5, 0.6) is 5.75 Å². The molecule has 21 heavy (non-hydrogen) atoms. The van der Waals surface area contributed by atoms with Gasteiger partial charge < -0.3 is 15.2 Å². The molecule has 0 bridgehead atoms. The third-order valence-corrected chi connectivity index (χ3v) is 2.55. The second-order valence-corrected chi connectivity index (χ2v) is 4.32. The highest BCUT2D eigenvalue weighted by atomic mass is 19.4. The maximum absolute atomic E-state index is 12.0. The van der Waals surface area contributed by atoms with E-state index < -0.39 is 24.3 Å². The number of ether oxygens (including phenoxy) is 1. The Balaban J connectivity index is 2.46. The van der Waals surface area contributed by atoms with Crippen molar-refractivity contribution >= 4 is 11.9 Å². The van der Waals surface area contributed by atoms with E-state index in [2.05, 4.69) is 10.1 Å². The van der Waals surface area contributed by atoms with Crippen LogP contribution in [0, 0.1) is 0 Å². The number of alkyl halides is 3. The van der Waals surface area contributed by atoms with Gasteiger partial charge in [0.25, 0.3) is 0 Å². The van der Waals surface area contributed by atoms with Crippen LogP contribution < -0.4 is 10.1 Å². The van der Waals surface area contributed by atoms with Crippen LogP contribution >= 0.6 is 0 Å². The van der Waals surface area contributed by atoms with Crippen molar-refractivity contribution in [2.45, 2.75) is 32.2 Å². The lowest BCUT2D eigenvalue weighted by atomic mass is 10.1. The van der Waals surface area contributed by atoms with E-state index >= 15 is 0 Å². The molecule has 1 aromatic rings. The zero-order valence-electron chi connectivity index (χ0n) is 11.1. The van der Waals surface area contributed by atoms with Gasteiger partial charge in [0.1, 0.15) is 11.8 Å². The lowest BCUT2D eigenvalue weighted by molar-refractivity contribution is -0.274. The van der Waals surface area contributed by atoms with E-state index in [4.69, 9.17) is 5.11 Å². The maximum atomic E-state index is 12.0. The molecule has 1 amide bonds. The molecule has 0 aliphatic heterocycles. The predicted octanol–water partition coefficient (Wildman–Crippen LogP) is 2.11. The lowest BCUT2D eigenvalue weighted by Crippen LogP contribution is -2.38. The van der Waals surface area contributed by atoms with Gasteiger partial charge >= 0.3 is 12.3 Å². The molecule has 1 unspecified atom stereocenters. The molecule has 1 atom stereocenters. The molecule has 0 aliphatic rings. The number of halogens is 3. The Labute approximate surface area is 118 Å². The van der Waals surface area contributed by atoms with Crippen molar-refractivity contribution in [3.05, 3.63) is 29.8 Å². The van der Waals surface area contributed by atoms with Crippen molar-refractivity contribution in [3.8, 4) is 5.75 Å². The molecule has 2 N–H and O–H groups in total. The van der Waals surface area contributed by atoms with Gasteiger partial charge in [0.2, 0.25) is 5.91 Å². The molecule has 0 aliphatic carbocycles. The van der Waals surface area contributed by atoms with Gasteiger partial charge in [-0.05, 0) is 31.0 Å². The highest BCUT2D eigenvalue weighted by Gasteiger charge is 2.30. The van der Waals surface area contributed by atoms with Gasteiger partial charge in [0.15, 0.2) is 0 Å². The summed E-state index contributed by atoms with van der Waals surface area (Å²) in [6.07, 6.45) is -4.42. The lowest BCUT2D eigenvalue weighted by Gasteiger charge is -2.10. The smallest absolute Gasteiger partial charge is 0.480 e. The van der Waals surface area contributed by atoms with E-state index in [1.165, 1.54) is 19.1 Å². The third kappa shape index (κ3) is 6.64. The van der Waals surface area contributed by atoms with Crippen LogP contribution in [0.4, 0.5) is 13.2 Å². The number of benzene rings is 1. The minimum atomic E-state index is -4.74. The number of rotatable bonds is 6. The molecule has 0 saturated carbocycles. The summed E-state index contributed by atoms with van der Waals surface area (Å²) in [5.41, 5.74) is 0.641. The molecular weight excluding hydrogens is 291 g/mol. The van der Waals surface area contributed by atoms with Gasteiger partial charge in [-0.1, -0.05) is 12.1 Å². The van der Waals surface area contributed by atoms with E-state index in [-0.39, 0.29) is 18.6 Å². The first-order valence-electron chi connectivity index (χ1n) is 6.04. The van der Waals surface area contributed by atoms with E-state index in [1.54, 1.807) is 0 Å². The fraction of sp³-hybridized carbons (Fsp3) is 0.385. The van der Waals surface area contributed by atoms with Gasteiger partial charge in [-0.3, -0.25) is 9.59 Å². The van der Waals surface area contributed by atoms with Gasteiger partial charge in [-0.25, -0.2) is 0 Å². The molecule has 0 saturated heterocycles. The first-order valence-corrected chi connectivity index (χ1v) is 6.04. The molecule has 1 rings (SSSR count). The number of nitrogens with one attached hydrogen (secondary N) is 1. The second kappa shape index (κ2) is 6.96. The van der Waals surface area contributed by atoms with Crippen molar-refractivity contribution in [2.24, 2.45) is 0 Å². The van der Waals surface area contributed by atoms with E-state index in [9.17, 15) is 22.8 Å². The number of carboxylic acids is 1. The van der Waals surface area contributed by atoms with Crippen LogP contribution in [0.1, 0.15) is 18.9 Å². The fourth-order valence-corrected chi connectivity index (χ4v) is 1.49. The summed E-state index contributed by atoms with van der Waals surface area (Å²) in [6, 6.07) is 4.14. The van der Waals surface area contributed by atoms with Crippen LogP contribution in [0.2, 0.25) is 0 Å². The van der Waals surface area contributed by atoms with E-state index in [0.717, 1.165) is 12.1 Å². The summed E-state index contributed by atoms with van der Waals surface area (Å²) < 4.78 is 39.6. The topological polar surface area (TPSA) is 75.6 Å². The zero-order chi connectivity index (χ0) is 16.0. The van der Waals surface area contributed by atoms with E-state index in [0.29, 0.717) is 5.56 Å². The number of amides is 1. The Hall–Kier alpha value is -2.25. The average Bonchev–Trinajstić information content (AvgIpc) is 2.36. The van der Waals surface area contributed by atoms with Gasteiger partial charge in [0.05, 0.1) is 0 Å². The van der Waals surface area contributed by atoms with Gasteiger partial charge in [-0.2, -0.15) is 0 Å². The Morgan fingerprint density at radius 3 is 2.33 bits per heavy atom. The quantitative estimate of drug-likeness (QED) is 0.844. The second-order valence-electron chi connectivity index (χ2n) is 4.32. The highest BCUT2D eigenvalue weighted by molar-refractivity contribution is 5.83. The fourth-order valence-electron chi connectivity index (χ4n) is 1.49. The Bertz CT molecular complexity index is 499. The number of hydrogen-bond donors (Lipinski definition) is 2. The predicted molar refractivity (Wildman–Crippen MR) is 66.7 cm³/mol. The molecule has 0 spiro atoms. The van der Waals surface area contributed by atoms with Crippen molar-refractivity contribution in [2.75, 3.05) is 0 Å². The molecule has 0 aromatic heterocycles. The zero-order valence-corrected chi connectivity index (χ0v) is 11.1. The average molecular weight is 305 g/mol. The Kier molecular flexibility index (Phi) is 5.57. The Morgan fingerprint density at radius 1 is 1.29 bits per heavy atom. The molecule has 0 radical (unpaired) electrons. The number of hydrogen-bond acceptors (Lipinski definition) is 3. The summed E-state index contributed by atoms with van der Waals surface area (Å²) in [4.78, 5) is 22.0. The number of aryl methyl sites for hydroxylation is 1. The van der Waals surface area contributed by atoms with Crippen molar-refractivity contribution in [1.29, 1.82) is 0 Å². The van der Waals surface area contributed by atoms with Crippen LogP contribution in [-0.2, 0) is 16.0 Å². The first kappa shape index (κ1) is 16.8. The van der Waals surface area contributed by atoms with Gasteiger partial charge in [-0.15, -0.1) is 13.2 Å². The SMILES string of the molecule is CC(NC(=O)CCc1ccc(OC(F)(F)F)cc1)C(=O)O. The summed E-state index contributed by atoms with van der Waals surface area (Å²) in [7, 11) is 0. The largest absolute Gasteiger partial charge is 0.573 e. The number of carbonyl (C=O) groups is 2. The standard InChI is InChI=1S/C13H14F3NO4/c1-8(12(19)20)17-11(18)7-4-9-2-5-10(6-3-9)21-13(14,15)16/h2-3,5-6,8H,4,7H2,1H3,(H,17,18)(H,19,20). The first-order chi connectivity index (χ1) is 9.67. The summed E-state index contributed by atoms with van der Waals surface area (Å²) >= 11 is 0. The van der Waals surface area contributed by atoms with Crippen molar-refractivity contribution in [1.82, 2.24) is 5.32 Å². The summed E-state index contributed by atoms with van der Waals surface area (Å²) in [5, 5.41) is 10.9. The molecule has 116 valence electrons. The minimum absolute atomic E-state index is 0.0388. The monoisotopic (exact) mass is 305 g/mol. The number of carbonyl (C=O) groups excluding carboxylic acids is 1. The normalized spacial score (nSPS) is 12.6. The third-order valence-electron chi connectivity index (χ3n) is 2.55. The molecule has 8 heteroatoms. The number of aliphatic carboxylic acids is 1. The molecule has 0 fully saturated rings. The maximum Gasteiger partial charge on any atom is 0.573 e. The highest BCUT2D eigenvalue weighted by Crippen LogP contribution is 2.22. The summed E-state index contributed by atoms with van der Waals surface area (Å²) in [6.45, 7) is 1.34. The minimum Gasteiger partial charge on any atom is -0.480 e. The molecular formula is C13H14F3NO4. The number of carboxylic acid groups (broad SMARTS) is 1. The van der Waals surface area contributed by atoms with Crippen molar-refractivity contribution in [3.63, 3.8) is 0 Å². The van der Waals surface area contributed by atoms with Crippen LogP contribution in [0.25, 0.3) is 0 Å². The van der Waals surface area contributed by atoms with Crippen LogP contribution in [-0.4, -0.2) is 29.4 Å².